The third kappa shape index (κ3) is 5.41. The van der Waals surface area contributed by atoms with Crippen LogP contribution in [0, 0.1) is 17.2 Å². The van der Waals surface area contributed by atoms with Crippen LogP contribution >= 0.6 is 11.6 Å². The summed E-state index contributed by atoms with van der Waals surface area (Å²) in [5.41, 5.74) is 0.981. The first-order chi connectivity index (χ1) is 14.7. The van der Waals surface area contributed by atoms with E-state index in [1.54, 1.807) is 24.3 Å². The zero-order valence-corrected chi connectivity index (χ0v) is 18.3. The predicted molar refractivity (Wildman–Crippen MR) is 115 cm³/mol. The first-order valence-electron chi connectivity index (χ1n) is 9.53. The van der Waals surface area contributed by atoms with Crippen molar-refractivity contribution in [2.45, 2.75) is 24.4 Å². The van der Waals surface area contributed by atoms with Crippen LogP contribution in [-0.2, 0) is 21.4 Å². The minimum absolute atomic E-state index is 0.0311. The van der Waals surface area contributed by atoms with Crippen LogP contribution in [-0.4, -0.2) is 43.7 Å². The van der Waals surface area contributed by atoms with Crippen LogP contribution in [0.3, 0.4) is 0 Å². The largest absolute Gasteiger partial charge is 0.350 e. The molecule has 0 spiro atoms. The third-order valence-corrected chi connectivity index (χ3v) is 6.97. The Morgan fingerprint density at radius 2 is 1.90 bits per heavy atom. The second-order valence-electron chi connectivity index (χ2n) is 7.22. The van der Waals surface area contributed by atoms with Crippen molar-refractivity contribution in [3.8, 4) is 6.07 Å². The molecule has 162 valence electrons. The zero-order chi connectivity index (χ0) is 22.6. The molecule has 2 aromatic rings. The maximum Gasteiger partial charge on any atom is 0.251 e. The van der Waals surface area contributed by atoms with Crippen molar-refractivity contribution in [2.24, 2.45) is 5.92 Å². The molecule has 1 heterocycles. The van der Waals surface area contributed by atoms with Gasteiger partial charge < -0.3 is 10.6 Å². The Hall–Kier alpha value is -2.93. The Morgan fingerprint density at radius 1 is 1.23 bits per heavy atom. The van der Waals surface area contributed by atoms with Crippen LogP contribution in [0.25, 0.3) is 0 Å². The molecule has 3 rings (SSSR count). The molecule has 0 aromatic heterocycles. The van der Waals surface area contributed by atoms with Crippen molar-refractivity contribution in [1.82, 2.24) is 14.9 Å². The summed E-state index contributed by atoms with van der Waals surface area (Å²) in [6.07, 6.45) is 0. The summed E-state index contributed by atoms with van der Waals surface area (Å²) in [6.45, 7) is 2.10. The van der Waals surface area contributed by atoms with Gasteiger partial charge in [0.25, 0.3) is 5.91 Å². The molecule has 1 atom stereocenters. The van der Waals surface area contributed by atoms with Crippen molar-refractivity contribution in [2.75, 3.05) is 13.1 Å². The van der Waals surface area contributed by atoms with E-state index in [1.807, 2.05) is 6.07 Å². The number of nitrogens with zero attached hydrogens (tertiary/aromatic N) is 2. The smallest absolute Gasteiger partial charge is 0.251 e. The van der Waals surface area contributed by atoms with Crippen LogP contribution in [0.5, 0.6) is 0 Å². The third-order valence-electron chi connectivity index (χ3n) is 4.89. The number of hydrogen-bond acceptors (Lipinski definition) is 5. The van der Waals surface area contributed by atoms with Crippen LogP contribution in [0.4, 0.5) is 0 Å². The van der Waals surface area contributed by atoms with Gasteiger partial charge in [0.1, 0.15) is 6.04 Å². The van der Waals surface area contributed by atoms with Crippen LogP contribution in [0.1, 0.15) is 22.8 Å². The van der Waals surface area contributed by atoms with Gasteiger partial charge in [-0.05, 0) is 42.8 Å². The van der Waals surface area contributed by atoms with Crippen LogP contribution in [0.2, 0.25) is 5.02 Å². The van der Waals surface area contributed by atoms with Gasteiger partial charge in [0.2, 0.25) is 15.9 Å². The normalized spacial score (nSPS) is 15.4. The molecule has 0 radical (unpaired) electrons. The molecule has 1 aliphatic rings. The number of sulfonamides is 1. The standard InChI is InChI=1S/C21H21ClN4O4S/c1-14(20(27)24-11-15-5-7-18(22)8-6-15)25-21(28)17-3-2-4-19(9-17)31(29,30)26-12-16(10-23)13-26/h2-9,14,16H,11-13H2,1H3,(H,24,27)(H,25,28)/t14-/m1/s1. The van der Waals surface area contributed by atoms with Crippen molar-refractivity contribution >= 4 is 33.4 Å². The number of hydrogen-bond donors (Lipinski definition) is 2. The number of carbonyl (C=O) groups is 2. The van der Waals surface area contributed by atoms with E-state index in [9.17, 15) is 18.0 Å². The first-order valence-corrected chi connectivity index (χ1v) is 11.4. The molecular weight excluding hydrogens is 440 g/mol. The Kier molecular flexibility index (Phi) is 6.95. The summed E-state index contributed by atoms with van der Waals surface area (Å²) in [4.78, 5) is 24.8. The minimum atomic E-state index is -3.77. The molecule has 8 nitrogen and oxygen atoms in total. The molecule has 0 saturated carbocycles. The van der Waals surface area contributed by atoms with Gasteiger partial charge in [-0.1, -0.05) is 29.8 Å². The maximum atomic E-state index is 12.6. The van der Waals surface area contributed by atoms with Gasteiger partial charge >= 0.3 is 0 Å². The minimum Gasteiger partial charge on any atom is -0.350 e. The van der Waals surface area contributed by atoms with E-state index >= 15 is 0 Å². The maximum absolute atomic E-state index is 12.6. The molecule has 0 aliphatic carbocycles. The van der Waals surface area contributed by atoms with Gasteiger partial charge in [-0.25, -0.2) is 8.42 Å². The second kappa shape index (κ2) is 9.47. The average molecular weight is 461 g/mol. The van der Waals surface area contributed by atoms with Gasteiger partial charge in [0, 0.05) is 30.2 Å². The molecule has 31 heavy (non-hydrogen) atoms. The van der Waals surface area contributed by atoms with Gasteiger partial charge in [0.05, 0.1) is 16.9 Å². The summed E-state index contributed by atoms with van der Waals surface area (Å²) in [5, 5.41) is 14.7. The van der Waals surface area contributed by atoms with E-state index in [4.69, 9.17) is 16.9 Å². The predicted octanol–water partition coefficient (Wildman–Crippen LogP) is 1.92. The summed E-state index contributed by atoms with van der Waals surface area (Å²) in [5.74, 6) is -1.26. The lowest BCUT2D eigenvalue weighted by molar-refractivity contribution is -0.122. The van der Waals surface area contributed by atoms with Crippen LogP contribution in [0.15, 0.2) is 53.4 Å². The monoisotopic (exact) mass is 460 g/mol. The quantitative estimate of drug-likeness (QED) is 0.654. The highest BCUT2D eigenvalue weighted by Gasteiger charge is 2.37. The van der Waals surface area contributed by atoms with E-state index in [1.165, 1.54) is 35.5 Å². The number of benzene rings is 2. The fourth-order valence-corrected chi connectivity index (χ4v) is 4.66. The topological polar surface area (TPSA) is 119 Å². The van der Waals surface area contributed by atoms with Gasteiger partial charge in [-0.3, -0.25) is 9.59 Å². The molecule has 2 amide bonds. The number of nitriles is 1. The lowest BCUT2D eigenvalue weighted by Crippen LogP contribution is -2.49. The molecule has 2 N–H and O–H groups in total. The van der Waals surface area contributed by atoms with E-state index in [0.29, 0.717) is 5.02 Å². The number of halogens is 1. The van der Waals surface area contributed by atoms with Crippen molar-refractivity contribution < 1.29 is 18.0 Å². The highest BCUT2D eigenvalue weighted by molar-refractivity contribution is 7.89. The Labute approximate surface area is 185 Å². The summed E-state index contributed by atoms with van der Waals surface area (Å²) < 4.78 is 26.5. The molecule has 2 aromatic carbocycles. The lowest BCUT2D eigenvalue weighted by Gasteiger charge is -2.33. The molecule has 0 bridgehead atoms. The Balaban J connectivity index is 1.60. The number of nitrogens with one attached hydrogen (secondary N) is 2. The van der Waals surface area contributed by atoms with Crippen LogP contribution < -0.4 is 10.6 Å². The first kappa shape index (κ1) is 22.7. The average Bonchev–Trinajstić information content (AvgIpc) is 2.72. The second-order valence-corrected chi connectivity index (χ2v) is 9.59. The summed E-state index contributed by atoms with van der Waals surface area (Å²) >= 11 is 5.83. The van der Waals surface area contributed by atoms with Crippen molar-refractivity contribution in [3.05, 3.63) is 64.7 Å². The Bertz CT molecular complexity index is 1120. The molecule has 0 unspecified atom stereocenters. The van der Waals surface area contributed by atoms with Crippen molar-refractivity contribution in [1.29, 1.82) is 5.26 Å². The summed E-state index contributed by atoms with van der Waals surface area (Å²) in [7, 11) is -3.77. The molecule has 1 saturated heterocycles. The molecule has 10 heteroatoms. The van der Waals surface area contributed by atoms with Gasteiger partial charge in [-0.2, -0.15) is 9.57 Å². The molecular formula is C21H21ClN4O4S. The summed E-state index contributed by atoms with van der Waals surface area (Å²) in [6, 6.07) is 13.8. The van der Waals surface area contributed by atoms with Gasteiger partial charge in [-0.15, -0.1) is 0 Å². The fourth-order valence-electron chi connectivity index (χ4n) is 2.95. The number of amides is 2. The molecule has 1 aliphatic heterocycles. The van der Waals surface area contributed by atoms with Crippen molar-refractivity contribution in [3.63, 3.8) is 0 Å². The Morgan fingerprint density at radius 3 is 2.55 bits per heavy atom. The highest BCUT2D eigenvalue weighted by Crippen LogP contribution is 2.25. The molecule has 1 fully saturated rings. The van der Waals surface area contributed by atoms with E-state index in [2.05, 4.69) is 10.6 Å². The lowest BCUT2D eigenvalue weighted by atomic mass is 10.1. The zero-order valence-electron chi connectivity index (χ0n) is 16.7. The van der Waals surface area contributed by atoms with E-state index in [-0.39, 0.29) is 41.9 Å². The number of rotatable bonds is 7. The highest BCUT2D eigenvalue weighted by atomic mass is 35.5. The SMILES string of the molecule is C[C@@H](NC(=O)c1cccc(S(=O)(=O)N2CC(C#N)C2)c1)C(=O)NCc1ccc(Cl)cc1. The number of carbonyl (C=O) groups excluding carboxylic acids is 2. The van der Waals surface area contributed by atoms with Gasteiger partial charge in [0.15, 0.2) is 0 Å². The van der Waals surface area contributed by atoms with E-state index in [0.717, 1.165) is 5.56 Å². The fraction of sp³-hybridized carbons (Fsp3) is 0.286. The van der Waals surface area contributed by atoms with E-state index < -0.39 is 22.0 Å².